The van der Waals surface area contributed by atoms with Crippen LogP contribution in [0.3, 0.4) is 0 Å². The van der Waals surface area contributed by atoms with Gasteiger partial charge in [0.05, 0.1) is 39.6 Å². The van der Waals surface area contributed by atoms with Crippen LogP contribution in [-0.2, 0) is 21.7 Å². The Hall–Kier alpha value is -7.70. The molecule has 4 heterocycles. The van der Waals surface area contributed by atoms with Gasteiger partial charge >= 0.3 is 0 Å². The second-order valence-electron chi connectivity index (χ2n) is 24.8. The smallest absolute Gasteiger partial charge is 0.164 e. The summed E-state index contributed by atoms with van der Waals surface area (Å²) in [6.45, 7) is 31.7. The van der Waals surface area contributed by atoms with Crippen LogP contribution in [0.25, 0.3) is 100 Å². The van der Waals surface area contributed by atoms with Gasteiger partial charge < -0.3 is 9.13 Å². The minimum atomic E-state index is -0.106. The number of aromatic nitrogens is 6. The third kappa shape index (κ3) is 8.68. The molecule has 0 saturated heterocycles. The van der Waals surface area contributed by atoms with Gasteiger partial charge in [-0.3, -0.25) is 4.98 Å². The molecule has 370 valence electrons. The molecule has 7 aromatic carbocycles. The first-order valence-corrected chi connectivity index (χ1v) is 26.2. The third-order valence-electron chi connectivity index (χ3n) is 15.0. The maximum Gasteiger partial charge on any atom is 0.164 e. The van der Waals surface area contributed by atoms with Crippen LogP contribution < -0.4 is 0 Å². The maximum atomic E-state index is 5.54. The standard InChI is InChI=1S/C68H68N6/c1-41-23-26-58-53(31-41)54-32-42(2)24-27-59(54)74(58)61-40-69-30-29-52(61)55-37-43(25-28-60(55)73-56-21-17-15-19-50(56)51-20-16-18-22-57(51)73)62-70-63(44-33-46(65(3,4)5)38-47(34-44)66(6,7)8)72-64(71-62)45-35-48(67(9,10)11)39-49(36-45)68(12,13)14/h15-40H,1-14H3. The van der Waals surface area contributed by atoms with E-state index in [1.807, 2.05) is 12.4 Å². The van der Waals surface area contributed by atoms with Crippen LogP contribution in [0.4, 0.5) is 0 Å². The van der Waals surface area contributed by atoms with Crippen molar-refractivity contribution in [2.45, 2.75) is 119 Å². The molecule has 0 fully saturated rings. The number of benzene rings is 7. The second-order valence-corrected chi connectivity index (χ2v) is 24.8. The summed E-state index contributed by atoms with van der Waals surface area (Å²) < 4.78 is 4.83. The highest BCUT2D eigenvalue weighted by Gasteiger charge is 2.27. The van der Waals surface area contributed by atoms with Crippen molar-refractivity contribution in [3.05, 3.63) is 191 Å². The second kappa shape index (κ2) is 17.5. The molecule has 0 amide bonds. The summed E-state index contributed by atoms with van der Waals surface area (Å²) in [4.78, 5) is 21.4. The molecule has 0 bridgehead atoms. The quantitative estimate of drug-likeness (QED) is 0.167. The predicted molar refractivity (Wildman–Crippen MR) is 312 cm³/mol. The number of hydrogen-bond acceptors (Lipinski definition) is 4. The number of pyridine rings is 1. The molecule has 0 radical (unpaired) electrons. The van der Waals surface area contributed by atoms with E-state index in [1.54, 1.807) is 0 Å². The monoisotopic (exact) mass is 969 g/mol. The van der Waals surface area contributed by atoms with Crippen LogP contribution >= 0.6 is 0 Å². The number of para-hydroxylation sites is 2. The molecule has 0 unspecified atom stereocenters. The Morgan fingerprint density at radius 1 is 0.338 bits per heavy atom. The molecular weight excluding hydrogens is 901 g/mol. The molecular formula is C68H68N6. The molecule has 0 atom stereocenters. The van der Waals surface area contributed by atoms with E-state index in [-0.39, 0.29) is 21.7 Å². The highest BCUT2D eigenvalue weighted by atomic mass is 15.0. The van der Waals surface area contributed by atoms with Gasteiger partial charge in [-0.1, -0.05) is 155 Å². The summed E-state index contributed by atoms with van der Waals surface area (Å²) in [6, 6.07) is 53.9. The fraction of sp³-hybridized carbons (Fsp3) is 0.265. The lowest BCUT2D eigenvalue weighted by Gasteiger charge is -2.26. The Labute approximate surface area is 437 Å². The van der Waals surface area contributed by atoms with Crippen LogP contribution in [0.15, 0.2) is 158 Å². The number of nitrogens with zero attached hydrogens (tertiary/aromatic N) is 6. The number of hydrogen-bond donors (Lipinski definition) is 0. The zero-order chi connectivity index (χ0) is 52.2. The minimum Gasteiger partial charge on any atom is -0.309 e. The van der Waals surface area contributed by atoms with Crippen LogP contribution in [0.5, 0.6) is 0 Å². The largest absolute Gasteiger partial charge is 0.309 e. The Balaban J connectivity index is 1.24. The van der Waals surface area contributed by atoms with Crippen molar-refractivity contribution in [2.24, 2.45) is 0 Å². The fourth-order valence-electron chi connectivity index (χ4n) is 10.6. The predicted octanol–water partition coefficient (Wildman–Crippen LogP) is 17.9. The lowest BCUT2D eigenvalue weighted by Crippen LogP contribution is -2.17. The van der Waals surface area contributed by atoms with Gasteiger partial charge in [0.2, 0.25) is 0 Å². The Kier molecular flexibility index (Phi) is 11.5. The van der Waals surface area contributed by atoms with Crippen molar-refractivity contribution in [2.75, 3.05) is 0 Å². The van der Waals surface area contributed by atoms with E-state index >= 15 is 0 Å². The van der Waals surface area contributed by atoms with E-state index in [0.29, 0.717) is 17.5 Å². The summed E-state index contributed by atoms with van der Waals surface area (Å²) in [7, 11) is 0. The van der Waals surface area contributed by atoms with Crippen molar-refractivity contribution in [3.8, 4) is 56.7 Å². The van der Waals surface area contributed by atoms with Crippen molar-refractivity contribution in [3.63, 3.8) is 0 Å². The Bertz CT molecular complexity index is 3750. The summed E-state index contributed by atoms with van der Waals surface area (Å²) >= 11 is 0. The number of rotatable bonds is 6. The van der Waals surface area contributed by atoms with E-state index in [1.165, 1.54) is 54.9 Å². The molecule has 0 aliphatic heterocycles. The Morgan fingerprint density at radius 3 is 1.19 bits per heavy atom. The highest BCUT2D eigenvalue weighted by molar-refractivity contribution is 6.11. The molecule has 0 N–H and O–H groups in total. The maximum absolute atomic E-state index is 5.54. The first kappa shape index (κ1) is 48.6. The van der Waals surface area contributed by atoms with Crippen LogP contribution in [-0.4, -0.2) is 29.1 Å². The molecule has 0 aliphatic carbocycles. The molecule has 0 spiro atoms. The molecule has 0 aliphatic rings. The van der Waals surface area contributed by atoms with Gasteiger partial charge in [0.15, 0.2) is 17.5 Å². The third-order valence-corrected chi connectivity index (χ3v) is 15.0. The molecule has 11 aromatic rings. The summed E-state index contributed by atoms with van der Waals surface area (Å²) in [5.74, 6) is 1.90. The van der Waals surface area contributed by atoms with Crippen LogP contribution in [0, 0.1) is 13.8 Å². The molecule has 4 aromatic heterocycles. The summed E-state index contributed by atoms with van der Waals surface area (Å²) in [5.41, 5.74) is 18.4. The highest BCUT2D eigenvalue weighted by Crippen LogP contribution is 2.43. The zero-order valence-corrected chi connectivity index (χ0v) is 45.7. The lowest BCUT2D eigenvalue weighted by atomic mass is 9.79. The van der Waals surface area contributed by atoms with Gasteiger partial charge in [-0.25, -0.2) is 15.0 Å². The molecule has 11 rings (SSSR count). The fourth-order valence-corrected chi connectivity index (χ4v) is 10.6. The normalized spacial score (nSPS) is 12.7. The minimum absolute atomic E-state index is 0.106. The Morgan fingerprint density at radius 2 is 0.743 bits per heavy atom. The van der Waals surface area contributed by atoms with Crippen LogP contribution in [0.1, 0.15) is 116 Å². The summed E-state index contributed by atoms with van der Waals surface area (Å²) in [6.07, 6.45) is 3.95. The average molecular weight is 969 g/mol. The van der Waals surface area contributed by atoms with Gasteiger partial charge in [0.1, 0.15) is 0 Å². The van der Waals surface area contributed by atoms with E-state index in [0.717, 1.165) is 61.3 Å². The van der Waals surface area contributed by atoms with E-state index < -0.39 is 0 Å². The lowest BCUT2D eigenvalue weighted by molar-refractivity contribution is 0.568. The van der Waals surface area contributed by atoms with Crippen molar-refractivity contribution in [1.29, 1.82) is 0 Å². The SMILES string of the molecule is Cc1ccc2c(c1)c1cc(C)ccc1n2-c1cnccc1-c1cc(-c2nc(-c3cc(C(C)(C)C)cc(C(C)(C)C)c3)nc(-c3cc(C(C)(C)C)cc(C(C)(C)C)c3)n2)ccc1-n1c2ccccc2c2ccccc21. The first-order valence-electron chi connectivity index (χ1n) is 26.2. The molecule has 6 heteroatoms. The van der Waals surface area contributed by atoms with Crippen molar-refractivity contribution >= 4 is 43.6 Å². The molecule has 74 heavy (non-hydrogen) atoms. The van der Waals surface area contributed by atoms with Gasteiger partial charge in [-0.05, 0) is 143 Å². The zero-order valence-electron chi connectivity index (χ0n) is 45.7. The van der Waals surface area contributed by atoms with Crippen molar-refractivity contribution < 1.29 is 0 Å². The van der Waals surface area contributed by atoms with E-state index in [2.05, 4.69) is 252 Å². The van der Waals surface area contributed by atoms with E-state index in [4.69, 9.17) is 19.9 Å². The molecule has 6 nitrogen and oxygen atoms in total. The van der Waals surface area contributed by atoms with Crippen LogP contribution in [0.2, 0.25) is 0 Å². The average Bonchev–Trinajstić information content (AvgIpc) is 3.87. The van der Waals surface area contributed by atoms with Gasteiger partial charge in [0, 0.05) is 55.6 Å². The van der Waals surface area contributed by atoms with Gasteiger partial charge in [0.25, 0.3) is 0 Å². The van der Waals surface area contributed by atoms with E-state index in [9.17, 15) is 0 Å². The van der Waals surface area contributed by atoms with Crippen molar-refractivity contribution in [1.82, 2.24) is 29.1 Å². The summed E-state index contributed by atoms with van der Waals surface area (Å²) in [5, 5.41) is 4.84. The molecule has 0 saturated carbocycles. The van der Waals surface area contributed by atoms with Gasteiger partial charge in [-0.15, -0.1) is 0 Å². The number of aryl methyl sites for hydroxylation is 2. The number of fused-ring (bicyclic) bond motifs is 6. The van der Waals surface area contributed by atoms with Gasteiger partial charge in [-0.2, -0.15) is 0 Å². The topological polar surface area (TPSA) is 61.4 Å². The first-order chi connectivity index (χ1) is 35.0.